The molecular weight excluding hydrogens is 721 g/mol. The van der Waals surface area contributed by atoms with E-state index in [2.05, 4.69) is 6.58 Å². The topological polar surface area (TPSA) is 182 Å². The van der Waals surface area contributed by atoms with Crippen LogP contribution in [0.25, 0.3) is 0 Å². The number of aryl methyl sites for hydroxylation is 1. The van der Waals surface area contributed by atoms with Crippen molar-refractivity contribution in [3.05, 3.63) is 70.0 Å². The van der Waals surface area contributed by atoms with Gasteiger partial charge in [0.15, 0.2) is 6.29 Å². The number of carbonyl (C=O) groups excluding carboxylic acids is 4. The SMILES string of the molecule is C=CC(=O)OCC(C)(C)COC(=O)CCC(=O)OCCc1ccc(OC(O)C2CCC(C(=O)Oc3ccc(C)c4c3SC(=C(C#N)C#N)S4)CC2)cc1. The smallest absolute Gasteiger partial charge is 0.330 e. The summed E-state index contributed by atoms with van der Waals surface area (Å²) in [7, 11) is 0. The van der Waals surface area contributed by atoms with Crippen molar-refractivity contribution in [3.63, 3.8) is 0 Å². The van der Waals surface area contributed by atoms with Crippen molar-refractivity contribution in [3.8, 4) is 23.6 Å². The van der Waals surface area contributed by atoms with Gasteiger partial charge in [0.2, 0.25) is 0 Å². The first kappa shape index (κ1) is 41.0. The lowest BCUT2D eigenvalue weighted by atomic mass is 9.81. The van der Waals surface area contributed by atoms with Gasteiger partial charge in [-0.15, -0.1) is 0 Å². The molecule has 2 aliphatic rings. The van der Waals surface area contributed by atoms with Gasteiger partial charge in [-0.2, -0.15) is 10.5 Å². The monoisotopic (exact) mass is 762 g/mol. The van der Waals surface area contributed by atoms with Crippen molar-refractivity contribution in [2.75, 3.05) is 19.8 Å². The van der Waals surface area contributed by atoms with E-state index in [0.717, 1.165) is 27.0 Å². The Kier molecular flexibility index (Phi) is 15.0. The Labute approximate surface area is 317 Å². The minimum absolute atomic E-state index is 0.0217. The Morgan fingerprint density at radius 3 is 2.19 bits per heavy atom. The molecule has 1 fully saturated rings. The standard InChI is InChI=1S/C39H42N2O10S2/c1-5-31(42)48-22-39(3,4)23-49-33(44)17-16-32(43)47-19-18-25-7-13-29(14-8-25)50-36(45)26-9-11-27(12-10-26)37(46)51-30-15-6-24(2)34-35(30)53-38(52-34)28(20-40)21-41/h5-8,13-15,26-27,36,45H,1,9-12,16-19,22-23H2,2-4H3. The zero-order chi connectivity index (χ0) is 38.5. The van der Waals surface area contributed by atoms with E-state index in [4.69, 9.17) is 23.7 Å². The third-order valence-corrected chi connectivity index (χ3v) is 11.3. The quantitative estimate of drug-likeness (QED) is 0.0475. The molecule has 2 aromatic rings. The number of fused-ring (bicyclic) bond motifs is 1. The number of hydrogen-bond donors (Lipinski definition) is 1. The second-order valence-corrected chi connectivity index (χ2v) is 15.7. The average molecular weight is 763 g/mol. The van der Waals surface area contributed by atoms with Crippen LogP contribution in [0.3, 0.4) is 0 Å². The molecule has 0 aromatic heterocycles. The van der Waals surface area contributed by atoms with E-state index >= 15 is 0 Å². The van der Waals surface area contributed by atoms with Crippen molar-refractivity contribution in [1.29, 1.82) is 10.5 Å². The van der Waals surface area contributed by atoms with Crippen LogP contribution in [-0.4, -0.2) is 55.1 Å². The first-order valence-electron chi connectivity index (χ1n) is 17.1. The molecule has 1 unspecified atom stereocenters. The predicted molar refractivity (Wildman–Crippen MR) is 195 cm³/mol. The van der Waals surface area contributed by atoms with Crippen LogP contribution in [0, 0.1) is 46.8 Å². The highest BCUT2D eigenvalue weighted by atomic mass is 32.2. The fourth-order valence-corrected chi connectivity index (χ4v) is 8.01. The van der Waals surface area contributed by atoms with E-state index in [-0.39, 0.29) is 56.0 Å². The normalized spacial score (nSPS) is 16.9. The van der Waals surface area contributed by atoms with Crippen LogP contribution in [0.15, 0.2) is 68.7 Å². The zero-order valence-electron chi connectivity index (χ0n) is 29.9. The van der Waals surface area contributed by atoms with Crippen LogP contribution >= 0.6 is 23.5 Å². The molecule has 1 atom stereocenters. The van der Waals surface area contributed by atoms with Crippen molar-refractivity contribution < 1.29 is 48.0 Å². The summed E-state index contributed by atoms with van der Waals surface area (Å²) in [6, 6.07) is 14.5. The first-order chi connectivity index (χ1) is 25.3. The maximum Gasteiger partial charge on any atom is 0.330 e. The highest BCUT2D eigenvalue weighted by molar-refractivity contribution is 8.24. The number of esters is 4. The van der Waals surface area contributed by atoms with Crippen molar-refractivity contribution in [1.82, 2.24) is 0 Å². The Morgan fingerprint density at radius 2 is 1.55 bits per heavy atom. The van der Waals surface area contributed by atoms with Gasteiger partial charge >= 0.3 is 23.9 Å². The first-order valence-corrected chi connectivity index (χ1v) is 18.7. The van der Waals surface area contributed by atoms with E-state index in [1.54, 1.807) is 32.0 Å². The van der Waals surface area contributed by atoms with Crippen LogP contribution in [-0.2, 0) is 39.8 Å². The van der Waals surface area contributed by atoms with Crippen molar-refractivity contribution in [2.45, 2.75) is 81.8 Å². The predicted octanol–water partition coefficient (Wildman–Crippen LogP) is 6.73. The average Bonchev–Trinajstić information content (AvgIpc) is 3.61. The van der Waals surface area contributed by atoms with Gasteiger partial charge in [0.25, 0.3) is 0 Å². The van der Waals surface area contributed by atoms with E-state index < -0.39 is 29.6 Å². The molecular formula is C39H42N2O10S2. The van der Waals surface area contributed by atoms with Gasteiger partial charge in [-0.05, 0) is 61.9 Å². The third-order valence-electron chi connectivity index (χ3n) is 8.57. The van der Waals surface area contributed by atoms with Gasteiger partial charge in [-0.3, -0.25) is 14.4 Å². The number of carbonyl (C=O) groups is 4. The van der Waals surface area contributed by atoms with Crippen LogP contribution < -0.4 is 9.47 Å². The lowest BCUT2D eigenvalue weighted by molar-refractivity contribution is -0.154. The number of nitriles is 2. The highest BCUT2D eigenvalue weighted by Gasteiger charge is 2.34. The largest absolute Gasteiger partial charge is 0.465 e. The van der Waals surface area contributed by atoms with E-state index in [9.17, 15) is 34.8 Å². The zero-order valence-corrected chi connectivity index (χ0v) is 31.5. The van der Waals surface area contributed by atoms with Crippen molar-refractivity contribution >= 4 is 47.4 Å². The molecule has 14 heteroatoms. The molecule has 1 aliphatic carbocycles. The van der Waals surface area contributed by atoms with Gasteiger partial charge in [-0.25, -0.2) is 4.79 Å². The molecule has 12 nitrogen and oxygen atoms in total. The second-order valence-electron chi connectivity index (χ2n) is 13.4. The van der Waals surface area contributed by atoms with Crippen molar-refractivity contribution in [2.24, 2.45) is 17.3 Å². The molecule has 0 bridgehead atoms. The summed E-state index contributed by atoms with van der Waals surface area (Å²) in [6.07, 6.45) is 2.39. The summed E-state index contributed by atoms with van der Waals surface area (Å²) >= 11 is 2.60. The summed E-state index contributed by atoms with van der Waals surface area (Å²) in [5.41, 5.74) is 1.29. The number of aliphatic hydroxyl groups is 1. The summed E-state index contributed by atoms with van der Waals surface area (Å²) in [4.78, 5) is 50.2. The molecule has 1 aliphatic heterocycles. The second kappa shape index (κ2) is 19.4. The van der Waals surface area contributed by atoms with E-state index in [1.807, 2.05) is 37.3 Å². The van der Waals surface area contributed by atoms with Gasteiger partial charge in [-0.1, -0.05) is 62.1 Å². The molecule has 0 radical (unpaired) electrons. The maximum absolute atomic E-state index is 13.1. The Balaban J connectivity index is 1.14. The van der Waals surface area contributed by atoms with Crippen LogP contribution in [0.1, 0.15) is 63.5 Å². The number of rotatable bonds is 16. The highest BCUT2D eigenvalue weighted by Crippen LogP contribution is 2.56. The molecule has 280 valence electrons. The number of nitrogens with zero attached hydrogens (tertiary/aromatic N) is 2. The van der Waals surface area contributed by atoms with E-state index in [0.29, 0.717) is 47.8 Å². The number of thioether (sulfide) groups is 2. The minimum Gasteiger partial charge on any atom is -0.465 e. The van der Waals surface area contributed by atoms with Crippen LogP contribution in [0.5, 0.6) is 11.5 Å². The number of aliphatic hydroxyl groups excluding tert-OH is 1. The molecule has 4 rings (SSSR count). The number of hydrogen-bond acceptors (Lipinski definition) is 14. The Hall–Kier alpha value is -4.76. The molecule has 1 saturated carbocycles. The molecule has 53 heavy (non-hydrogen) atoms. The lowest BCUT2D eigenvalue weighted by Crippen LogP contribution is -2.33. The van der Waals surface area contributed by atoms with Gasteiger partial charge in [0, 0.05) is 28.7 Å². The summed E-state index contributed by atoms with van der Waals surface area (Å²) in [5.74, 6) is -1.60. The van der Waals surface area contributed by atoms with Gasteiger partial charge < -0.3 is 28.8 Å². The van der Waals surface area contributed by atoms with Crippen LogP contribution in [0.2, 0.25) is 0 Å². The number of benzene rings is 2. The molecule has 1 heterocycles. The molecule has 0 saturated heterocycles. The molecule has 2 aromatic carbocycles. The third kappa shape index (κ3) is 12.1. The van der Waals surface area contributed by atoms with Gasteiger partial charge in [0.1, 0.15) is 29.2 Å². The summed E-state index contributed by atoms with van der Waals surface area (Å²) in [5, 5.41) is 29.4. The van der Waals surface area contributed by atoms with Crippen LogP contribution in [0.4, 0.5) is 0 Å². The number of ether oxygens (including phenoxy) is 5. The summed E-state index contributed by atoms with van der Waals surface area (Å²) < 4.78 is 27.7. The molecule has 1 N–H and O–H groups in total. The molecule has 0 amide bonds. The fraction of sp³-hybridized carbons (Fsp3) is 0.436. The Bertz CT molecular complexity index is 1790. The van der Waals surface area contributed by atoms with Gasteiger partial charge in [0.05, 0.1) is 47.7 Å². The maximum atomic E-state index is 13.1. The number of allylic oxidation sites excluding steroid dienone is 1. The minimum atomic E-state index is -1.06. The summed E-state index contributed by atoms with van der Waals surface area (Å²) in [6.45, 7) is 9.01. The fourth-order valence-electron chi connectivity index (χ4n) is 5.45. The lowest BCUT2D eigenvalue weighted by Gasteiger charge is -2.30. The Morgan fingerprint density at radius 1 is 0.925 bits per heavy atom. The molecule has 0 spiro atoms. The van der Waals surface area contributed by atoms with E-state index in [1.165, 1.54) is 23.5 Å².